The van der Waals surface area contributed by atoms with Gasteiger partial charge in [-0.2, -0.15) is 0 Å². The van der Waals surface area contributed by atoms with Gasteiger partial charge in [-0.05, 0) is 12.1 Å². The average molecular weight is 188 g/mol. The topological polar surface area (TPSA) is 49.7 Å². The van der Waals surface area contributed by atoms with E-state index >= 15 is 0 Å². The zero-order chi connectivity index (χ0) is 10.0. The SMILES string of the molecule is COc1c(F)ccc(F)c1B(O)O. The summed E-state index contributed by atoms with van der Waals surface area (Å²) in [5.41, 5.74) is -0.595. The highest BCUT2D eigenvalue weighted by Gasteiger charge is 2.24. The minimum atomic E-state index is -2.09. The van der Waals surface area contributed by atoms with Crippen molar-refractivity contribution < 1.29 is 23.6 Å². The van der Waals surface area contributed by atoms with Crippen molar-refractivity contribution in [3.63, 3.8) is 0 Å². The summed E-state index contributed by atoms with van der Waals surface area (Å²) < 4.78 is 30.3. The minimum Gasteiger partial charge on any atom is -0.494 e. The van der Waals surface area contributed by atoms with Crippen LogP contribution in [0.4, 0.5) is 8.78 Å². The number of halogens is 2. The molecule has 0 heterocycles. The monoisotopic (exact) mass is 188 g/mol. The van der Waals surface area contributed by atoms with Gasteiger partial charge in [0.1, 0.15) is 5.82 Å². The molecule has 0 aromatic heterocycles. The molecule has 0 unspecified atom stereocenters. The van der Waals surface area contributed by atoms with Crippen LogP contribution < -0.4 is 10.2 Å². The van der Waals surface area contributed by atoms with Crippen molar-refractivity contribution in [3.05, 3.63) is 23.8 Å². The van der Waals surface area contributed by atoms with Crippen LogP contribution in [0.15, 0.2) is 12.1 Å². The molecule has 0 saturated carbocycles. The van der Waals surface area contributed by atoms with Gasteiger partial charge in [-0.3, -0.25) is 0 Å². The number of hydrogen-bond donors (Lipinski definition) is 2. The maximum Gasteiger partial charge on any atom is 0.495 e. The first kappa shape index (κ1) is 9.95. The summed E-state index contributed by atoms with van der Waals surface area (Å²) in [7, 11) is -0.977. The second-order valence-electron chi connectivity index (χ2n) is 2.35. The number of rotatable bonds is 2. The Hall–Kier alpha value is -1.14. The van der Waals surface area contributed by atoms with Gasteiger partial charge < -0.3 is 14.8 Å². The van der Waals surface area contributed by atoms with Crippen molar-refractivity contribution in [2.45, 2.75) is 0 Å². The Labute approximate surface area is 73.7 Å². The van der Waals surface area contributed by atoms with Gasteiger partial charge in [-0.15, -0.1) is 0 Å². The van der Waals surface area contributed by atoms with Crippen molar-refractivity contribution >= 4 is 12.6 Å². The minimum absolute atomic E-state index is 0.491. The van der Waals surface area contributed by atoms with Crippen LogP contribution in [-0.2, 0) is 0 Å². The van der Waals surface area contributed by atoms with Crippen LogP contribution in [0.1, 0.15) is 0 Å². The molecule has 0 atom stereocenters. The summed E-state index contributed by atoms with van der Waals surface area (Å²) in [6.07, 6.45) is 0. The lowest BCUT2D eigenvalue weighted by Crippen LogP contribution is -2.34. The van der Waals surface area contributed by atoms with E-state index in [-0.39, 0.29) is 0 Å². The summed E-state index contributed by atoms with van der Waals surface area (Å²) in [5.74, 6) is -2.25. The van der Waals surface area contributed by atoms with E-state index < -0.39 is 30.0 Å². The van der Waals surface area contributed by atoms with Crippen molar-refractivity contribution in [1.29, 1.82) is 0 Å². The highest BCUT2D eigenvalue weighted by Crippen LogP contribution is 2.15. The van der Waals surface area contributed by atoms with Crippen LogP contribution in [0.5, 0.6) is 5.75 Å². The molecule has 70 valence electrons. The van der Waals surface area contributed by atoms with Crippen LogP contribution in [0.2, 0.25) is 0 Å². The molecule has 6 heteroatoms. The Bertz CT molecular complexity index is 317. The molecular weight excluding hydrogens is 181 g/mol. The Kier molecular flexibility index (Phi) is 2.85. The molecule has 0 bridgehead atoms. The van der Waals surface area contributed by atoms with Crippen molar-refractivity contribution in [2.24, 2.45) is 0 Å². The fourth-order valence-corrected chi connectivity index (χ4v) is 0.997. The Morgan fingerprint density at radius 3 is 2.15 bits per heavy atom. The highest BCUT2D eigenvalue weighted by atomic mass is 19.1. The third-order valence-corrected chi connectivity index (χ3v) is 1.56. The predicted molar refractivity (Wildman–Crippen MR) is 42.7 cm³/mol. The second kappa shape index (κ2) is 3.72. The normalized spacial score (nSPS) is 9.92. The van der Waals surface area contributed by atoms with Gasteiger partial charge in [0, 0.05) is 0 Å². The van der Waals surface area contributed by atoms with E-state index in [0.29, 0.717) is 0 Å². The Morgan fingerprint density at radius 2 is 1.77 bits per heavy atom. The third kappa shape index (κ3) is 1.79. The van der Waals surface area contributed by atoms with E-state index in [9.17, 15) is 8.78 Å². The average Bonchev–Trinajstić information content (AvgIpc) is 2.07. The molecule has 0 saturated heterocycles. The number of methoxy groups -OCH3 is 1. The molecule has 0 radical (unpaired) electrons. The molecule has 13 heavy (non-hydrogen) atoms. The van der Waals surface area contributed by atoms with Crippen LogP contribution >= 0.6 is 0 Å². The molecular formula is C7H7BF2O3. The van der Waals surface area contributed by atoms with Gasteiger partial charge >= 0.3 is 7.12 Å². The van der Waals surface area contributed by atoms with E-state index in [2.05, 4.69) is 4.74 Å². The van der Waals surface area contributed by atoms with E-state index in [4.69, 9.17) is 10.0 Å². The summed E-state index contributed by atoms with van der Waals surface area (Å²) in [4.78, 5) is 0. The summed E-state index contributed by atoms with van der Waals surface area (Å²) in [6.45, 7) is 0. The van der Waals surface area contributed by atoms with Gasteiger partial charge in [-0.1, -0.05) is 0 Å². The Balaban J connectivity index is 3.35. The molecule has 1 rings (SSSR count). The summed E-state index contributed by atoms with van der Waals surface area (Å²) in [6, 6.07) is 1.65. The molecule has 0 aliphatic carbocycles. The van der Waals surface area contributed by atoms with E-state index in [1.54, 1.807) is 0 Å². The fourth-order valence-electron chi connectivity index (χ4n) is 0.997. The summed E-state index contributed by atoms with van der Waals surface area (Å²) >= 11 is 0. The van der Waals surface area contributed by atoms with Crippen LogP contribution in [0, 0.1) is 11.6 Å². The van der Waals surface area contributed by atoms with Gasteiger partial charge in [0.05, 0.1) is 12.6 Å². The predicted octanol–water partition coefficient (Wildman–Crippen LogP) is -0.347. The molecule has 0 amide bonds. The first-order chi connectivity index (χ1) is 6.07. The van der Waals surface area contributed by atoms with E-state index in [1.807, 2.05) is 0 Å². The number of ether oxygens (including phenoxy) is 1. The second-order valence-corrected chi connectivity index (χ2v) is 2.35. The van der Waals surface area contributed by atoms with E-state index in [1.165, 1.54) is 0 Å². The molecule has 0 spiro atoms. The molecule has 1 aromatic rings. The lowest BCUT2D eigenvalue weighted by molar-refractivity contribution is 0.377. The molecule has 0 fully saturated rings. The van der Waals surface area contributed by atoms with Crippen molar-refractivity contribution in [3.8, 4) is 5.75 Å². The first-order valence-electron chi connectivity index (χ1n) is 3.46. The fraction of sp³-hybridized carbons (Fsp3) is 0.143. The zero-order valence-corrected chi connectivity index (χ0v) is 6.79. The molecule has 2 N–H and O–H groups in total. The third-order valence-electron chi connectivity index (χ3n) is 1.56. The zero-order valence-electron chi connectivity index (χ0n) is 6.79. The standard InChI is InChI=1S/C7H7BF2O3/c1-13-7-5(10)3-2-4(9)6(7)8(11)12/h2-3,11-12H,1H3. The van der Waals surface area contributed by atoms with Crippen LogP contribution in [0.25, 0.3) is 0 Å². The van der Waals surface area contributed by atoms with Crippen molar-refractivity contribution in [1.82, 2.24) is 0 Å². The number of hydrogen-bond acceptors (Lipinski definition) is 3. The van der Waals surface area contributed by atoms with Gasteiger partial charge in [-0.25, -0.2) is 8.78 Å². The molecule has 1 aromatic carbocycles. The van der Waals surface area contributed by atoms with Gasteiger partial charge in [0.25, 0.3) is 0 Å². The smallest absolute Gasteiger partial charge is 0.494 e. The number of benzene rings is 1. The molecule has 0 aliphatic rings. The maximum atomic E-state index is 12.9. The van der Waals surface area contributed by atoms with E-state index in [0.717, 1.165) is 19.2 Å². The van der Waals surface area contributed by atoms with Crippen LogP contribution in [-0.4, -0.2) is 24.3 Å². The molecule has 0 aliphatic heterocycles. The van der Waals surface area contributed by atoms with Gasteiger partial charge in [0.15, 0.2) is 11.6 Å². The van der Waals surface area contributed by atoms with Crippen molar-refractivity contribution in [2.75, 3.05) is 7.11 Å². The molecule has 3 nitrogen and oxygen atoms in total. The lowest BCUT2D eigenvalue weighted by atomic mass is 9.79. The van der Waals surface area contributed by atoms with Gasteiger partial charge in [0.2, 0.25) is 0 Å². The quantitative estimate of drug-likeness (QED) is 0.623. The largest absolute Gasteiger partial charge is 0.495 e. The lowest BCUT2D eigenvalue weighted by Gasteiger charge is -2.08. The first-order valence-corrected chi connectivity index (χ1v) is 3.46. The maximum absolute atomic E-state index is 12.9. The van der Waals surface area contributed by atoms with Crippen LogP contribution in [0.3, 0.4) is 0 Å². The summed E-state index contributed by atoms with van der Waals surface area (Å²) in [5, 5.41) is 17.4. The Morgan fingerprint density at radius 1 is 1.23 bits per heavy atom. The highest BCUT2D eigenvalue weighted by molar-refractivity contribution is 6.59.